The zero-order valence-corrected chi connectivity index (χ0v) is 44.6. The smallest absolute Gasteiger partial charge is 0.263 e. The summed E-state index contributed by atoms with van der Waals surface area (Å²) < 4.78 is 20.1. The molecule has 2 aromatic rings. The van der Waals surface area contributed by atoms with Crippen molar-refractivity contribution in [2.75, 3.05) is 44.3 Å². The molecule has 4 rings (SSSR count). The maximum absolute atomic E-state index is 12.0. The Hall–Kier alpha value is -0.876. The number of ketones is 2. The predicted molar refractivity (Wildman–Crippen MR) is 263 cm³/mol. The van der Waals surface area contributed by atoms with Crippen LogP contribution >= 0.6 is 54.5 Å². The molecule has 0 radical (unpaired) electrons. The van der Waals surface area contributed by atoms with Gasteiger partial charge in [-0.1, -0.05) is 106 Å². The largest absolute Gasteiger partial charge is 0.520 e. The number of hydrogen-bond acceptors (Lipinski definition) is 7. The zero-order chi connectivity index (χ0) is 43.2. The average molecular weight is 1070 g/mol. The minimum absolute atomic E-state index is 0.240. The molecule has 1 N–H and O–H groups in total. The van der Waals surface area contributed by atoms with Gasteiger partial charge < -0.3 is 23.8 Å². The molecule has 12 heteroatoms. The second kappa shape index (κ2) is 27.9. The van der Waals surface area contributed by atoms with Crippen molar-refractivity contribution in [2.24, 2.45) is 5.92 Å². The van der Waals surface area contributed by atoms with Crippen molar-refractivity contribution in [1.29, 1.82) is 0 Å². The Morgan fingerprint density at radius 1 is 0.807 bits per heavy atom. The second-order valence-electron chi connectivity index (χ2n) is 17.8. The number of alkyl halides is 1. The van der Waals surface area contributed by atoms with Gasteiger partial charge in [-0.15, -0.1) is 0 Å². The second-order valence-corrected chi connectivity index (χ2v) is 29.9. The number of piperidine rings is 2. The van der Waals surface area contributed by atoms with Crippen molar-refractivity contribution < 1.29 is 23.2 Å². The number of allylic oxidation sites excluding steroid dienone is 1. The maximum atomic E-state index is 12.0. The fourth-order valence-electron chi connectivity index (χ4n) is 5.67. The summed E-state index contributed by atoms with van der Waals surface area (Å²) in [4.78, 5) is 26.0. The number of benzene rings is 2. The van der Waals surface area contributed by atoms with Crippen LogP contribution in [0.5, 0.6) is 0 Å². The number of rotatable bonds is 14. The molecule has 0 amide bonds. The van der Waals surface area contributed by atoms with Gasteiger partial charge in [0.15, 0.2) is 19.9 Å². The summed E-state index contributed by atoms with van der Waals surface area (Å²) in [6.07, 6.45) is 8.76. The molecule has 2 heterocycles. The first-order valence-electron chi connectivity index (χ1n) is 20.7. The summed E-state index contributed by atoms with van der Waals surface area (Å²) in [5.74, 6) is 2.06. The number of hydrogen-bond donors (Lipinski definition) is 1. The lowest BCUT2D eigenvalue weighted by molar-refractivity contribution is 0.0967. The van der Waals surface area contributed by atoms with Gasteiger partial charge in [-0.2, -0.15) is 0 Å². The van der Waals surface area contributed by atoms with Gasteiger partial charge in [-0.25, -0.2) is 0 Å². The fourth-order valence-corrected chi connectivity index (χ4v) is 8.85. The van der Waals surface area contributed by atoms with E-state index < -0.39 is 16.6 Å². The monoisotopic (exact) mass is 1060 g/mol. The van der Waals surface area contributed by atoms with Crippen LogP contribution in [0, 0.1) is 5.92 Å². The Morgan fingerprint density at radius 3 is 1.63 bits per heavy atom. The first-order chi connectivity index (χ1) is 26.6. The van der Waals surface area contributed by atoms with E-state index in [1.54, 1.807) is 7.11 Å². The summed E-state index contributed by atoms with van der Waals surface area (Å²) in [7, 11) is -1.37. The maximum Gasteiger partial charge on any atom is 0.263 e. The van der Waals surface area contributed by atoms with Crippen LogP contribution in [-0.2, 0) is 13.6 Å². The molecule has 0 spiro atoms. The van der Waals surface area contributed by atoms with Gasteiger partial charge in [0.25, 0.3) is 5.95 Å². The van der Waals surface area contributed by atoms with Crippen LogP contribution < -0.4 is 5.32 Å². The van der Waals surface area contributed by atoms with Crippen LogP contribution in [-0.4, -0.2) is 83.5 Å². The van der Waals surface area contributed by atoms with E-state index in [0.29, 0.717) is 29.9 Å². The van der Waals surface area contributed by atoms with E-state index in [-0.39, 0.29) is 11.6 Å². The molecule has 0 atom stereocenters. The van der Waals surface area contributed by atoms with Gasteiger partial charge >= 0.3 is 0 Å². The first-order valence-corrected chi connectivity index (χ1v) is 30.2. The molecule has 0 saturated carbocycles. The first kappa shape index (κ1) is 54.1. The fraction of sp³-hybridized carbons (Fsp3) is 0.644. The lowest BCUT2D eigenvalue weighted by Crippen LogP contribution is -2.46. The van der Waals surface area contributed by atoms with E-state index in [2.05, 4.69) is 125 Å². The van der Waals surface area contributed by atoms with E-state index in [9.17, 15) is 9.59 Å². The average Bonchev–Trinajstić information content (AvgIpc) is 3.14. The number of halogens is 3. The highest BCUT2D eigenvalue weighted by Crippen LogP contribution is 2.38. The summed E-state index contributed by atoms with van der Waals surface area (Å²) in [5.41, 5.74) is 2.73. The molecule has 0 aliphatic carbocycles. The third kappa shape index (κ3) is 24.2. The van der Waals surface area contributed by atoms with Crippen molar-refractivity contribution in [2.45, 2.75) is 137 Å². The van der Waals surface area contributed by atoms with Crippen LogP contribution in [0.1, 0.15) is 114 Å². The predicted octanol–water partition coefficient (Wildman–Crippen LogP) is 13.5. The molecule has 0 bridgehead atoms. The third-order valence-electron chi connectivity index (χ3n) is 10.2. The lowest BCUT2D eigenvalue weighted by atomic mass is 9.99. The van der Waals surface area contributed by atoms with Gasteiger partial charge in [0, 0.05) is 44.6 Å². The van der Waals surface area contributed by atoms with Crippen molar-refractivity contribution in [1.82, 2.24) is 10.2 Å². The van der Waals surface area contributed by atoms with E-state index in [4.69, 9.17) is 13.6 Å². The van der Waals surface area contributed by atoms with Crippen LogP contribution in [0.25, 0.3) is 0 Å². The molecule has 7 nitrogen and oxygen atoms in total. The number of likely N-dealkylation sites (tertiary alicyclic amines) is 1. The van der Waals surface area contributed by atoms with Crippen LogP contribution in [0.15, 0.2) is 69.0 Å². The van der Waals surface area contributed by atoms with Gasteiger partial charge in [-0.05, 0) is 157 Å². The lowest BCUT2D eigenvalue weighted by Gasteiger charge is -2.40. The standard InChI is InChI=1S/C16H22BrNO.C11H25NOSi.C10H10BrIO.C8H18O2Si/c1-13-8-11-18(12-9-13)10-2-3-16(19)14-4-6-15(17)7-5-14;1-11(2,3)14(4,5)13-10-6-8-12-9-7-10;11-9-5-3-8(4-6-9)10(13)2-1-7-12;1-7(2)8(9-3)10-11(4,5)6/h4-7,13H,2-3,8-12H2,1H3;10,12H,6-9H2,1-5H3;3-6H,1-2,7H2;1-6H3. The Labute approximate surface area is 380 Å². The summed E-state index contributed by atoms with van der Waals surface area (Å²) in [6.45, 7) is 30.0. The van der Waals surface area contributed by atoms with E-state index >= 15 is 0 Å². The number of nitrogens with zero attached hydrogens (tertiary/aromatic N) is 1. The number of carbonyl (C=O) groups excluding carboxylic acids is 2. The molecule has 2 aromatic carbocycles. The molecular weight excluding hydrogens is 991 g/mol. The van der Waals surface area contributed by atoms with Crippen LogP contribution in [0.4, 0.5) is 0 Å². The number of carbonyl (C=O) groups is 2. The van der Waals surface area contributed by atoms with Crippen molar-refractivity contribution in [3.05, 3.63) is 80.1 Å². The highest BCUT2D eigenvalue weighted by atomic mass is 127. The molecule has 2 aliphatic heterocycles. The van der Waals surface area contributed by atoms with Gasteiger partial charge in [0.05, 0.1) is 7.11 Å². The van der Waals surface area contributed by atoms with Gasteiger partial charge in [0.1, 0.15) is 0 Å². The Balaban J connectivity index is 0.000000389. The SMILES string of the molecule is CC(C)(C)[Si](C)(C)OC1CCNCC1.CC1CCN(CCCC(=O)c2ccc(Br)cc2)CC1.COC(O[Si](C)(C)C)=C(C)C.O=C(CCCI)c1ccc(Br)cc1. The number of Topliss-reactive ketones (excluding diaryl/α,β-unsaturated/α-hetero) is 2. The molecule has 324 valence electrons. The Kier molecular flexibility index (Phi) is 26.5. The minimum Gasteiger partial charge on any atom is -0.520 e. The number of nitrogens with one attached hydrogen (secondary N) is 1. The third-order valence-corrected chi connectivity index (χ3v) is 17.3. The zero-order valence-electron chi connectivity index (χ0n) is 37.3. The molecule has 0 unspecified atom stereocenters. The summed E-state index contributed by atoms with van der Waals surface area (Å²) in [6, 6.07) is 15.2. The molecule has 2 aliphatic rings. The van der Waals surface area contributed by atoms with Crippen molar-refractivity contribution in [3.8, 4) is 0 Å². The Morgan fingerprint density at radius 2 is 1.26 bits per heavy atom. The molecule has 2 saturated heterocycles. The van der Waals surface area contributed by atoms with Gasteiger partial charge in [-0.3, -0.25) is 9.59 Å². The molecule has 2 fully saturated rings. The minimum atomic E-state index is -1.52. The van der Waals surface area contributed by atoms with E-state index in [0.717, 1.165) is 68.5 Å². The van der Waals surface area contributed by atoms with Crippen LogP contribution in [0.2, 0.25) is 37.8 Å². The molecule has 0 aromatic heterocycles. The van der Waals surface area contributed by atoms with Crippen LogP contribution in [0.3, 0.4) is 0 Å². The van der Waals surface area contributed by atoms with Gasteiger partial charge in [0.2, 0.25) is 8.32 Å². The summed E-state index contributed by atoms with van der Waals surface area (Å²) >= 11 is 9.01. The van der Waals surface area contributed by atoms with Crippen molar-refractivity contribution in [3.63, 3.8) is 0 Å². The summed E-state index contributed by atoms with van der Waals surface area (Å²) in [5, 5.41) is 3.72. The molecule has 57 heavy (non-hydrogen) atoms. The highest BCUT2D eigenvalue weighted by Gasteiger charge is 2.39. The Bertz CT molecular complexity index is 1460. The van der Waals surface area contributed by atoms with Crippen molar-refractivity contribution >= 4 is 82.7 Å². The number of methoxy groups -OCH3 is 1. The van der Waals surface area contributed by atoms with E-state index in [1.807, 2.05) is 62.4 Å². The molecular formula is C45H75Br2IN2O5Si2. The number of ether oxygens (including phenoxy) is 1. The normalized spacial score (nSPS) is 15.4. The highest BCUT2D eigenvalue weighted by molar-refractivity contribution is 14.1. The topological polar surface area (TPSA) is 77.1 Å². The van der Waals surface area contributed by atoms with E-state index in [1.165, 1.54) is 38.8 Å². The quantitative estimate of drug-likeness (QED) is 0.0664.